The molecule has 0 aliphatic carbocycles. The van der Waals surface area contributed by atoms with Crippen LogP contribution in [0.5, 0.6) is 0 Å². The van der Waals surface area contributed by atoms with Crippen LogP contribution in [0.2, 0.25) is 0 Å². The Balaban J connectivity index is 2.58. The molecule has 0 aromatic heterocycles. The number of hydrogen-bond donors (Lipinski definition) is 1. The minimum absolute atomic E-state index is 0.692. The molecule has 3 unspecified atom stereocenters. The second-order valence-electron chi connectivity index (χ2n) is 3.91. The predicted octanol–water partition coefficient (Wildman–Crippen LogP) is 1.47. The van der Waals surface area contributed by atoms with E-state index in [1.807, 2.05) is 0 Å². The molecule has 2 nitrogen and oxygen atoms in total. The summed E-state index contributed by atoms with van der Waals surface area (Å²) in [4.78, 5) is 2.52. The monoisotopic (exact) mass is 170 g/mol. The van der Waals surface area contributed by atoms with Crippen molar-refractivity contribution >= 4 is 0 Å². The average molecular weight is 170 g/mol. The summed E-state index contributed by atoms with van der Waals surface area (Å²) in [5.74, 6) is 0. The lowest BCUT2D eigenvalue weighted by atomic mass is 9.97. The summed E-state index contributed by atoms with van der Waals surface area (Å²) < 4.78 is 0. The molecular formula is C10H22N2. The SMILES string of the molecule is CCC1NCC(C)N(C)C1CC. The van der Waals surface area contributed by atoms with Crippen LogP contribution in [0.25, 0.3) is 0 Å². The van der Waals surface area contributed by atoms with Gasteiger partial charge < -0.3 is 5.32 Å². The van der Waals surface area contributed by atoms with Gasteiger partial charge >= 0.3 is 0 Å². The molecule has 0 saturated carbocycles. The van der Waals surface area contributed by atoms with Crippen LogP contribution in [-0.2, 0) is 0 Å². The van der Waals surface area contributed by atoms with E-state index in [1.54, 1.807) is 0 Å². The van der Waals surface area contributed by atoms with Gasteiger partial charge in [0.2, 0.25) is 0 Å². The molecule has 0 aromatic carbocycles. The fraction of sp³-hybridized carbons (Fsp3) is 1.00. The summed E-state index contributed by atoms with van der Waals surface area (Å²) >= 11 is 0. The zero-order valence-corrected chi connectivity index (χ0v) is 8.80. The van der Waals surface area contributed by atoms with Crippen molar-refractivity contribution < 1.29 is 0 Å². The van der Waals surface area contributed by atoms with Crippen molar-refractivity contribution in [2.24, 2.45) is 0 Å². The van der Waals surface area contributed by atoms with E-state index in [4.69, 9.17) is 0 Å². The number of likely N-dealkylation sites (N-methyl/N-ethyl adjacent to an activating group) is 1. The van der Waals surface area contributed by atoms with Gasteiger partial charge in [-0.1, -0.05) is 13.8 Å². The first kappa shape index (κ1) is 10.0. The van der Waals surface area contributed by atoms with Gasteiger partial charge in [0.15, 0.2) is 0 Å². The topological polar surface area (TPSA) is 15.3 Å². The average Bonchev–Trinajstić information content (AvgIpc) is 2.09. The van der Waals surface area contributed by atoms with Crippen molar-refractivity contribution in [1.82, 2.24) is 10.2 Å². The van der Waals surface area contributed by atoms with Crippen LogP contribution < -0.4 is 5.32 Å². The molecule has 2 heteroatoms. The van der Waals surface area contributed by atoms with Gasteiger partial charge in [0.25, 0.3) is 0 Å². The summed E-state index contributed by atoms with van der Waals surface area (Å²) in [5, 5.41) is 3.61. The third kappa shape index (κ3) is 1.80. The first-order valence-corrected chi connectivity index (χ1v) is 5.16. The second kappa shape index (κ2) is 4.24. The van der Waals surface area contributed by atoms with E-state index in [-0.39, 0.29) is 0 Å². The molecule has 1 heterocycles. The van der Waals surface area contributed by atoms with Crippen LogP contribution >= 0.6 is 0 Å². The van der Waals surface area contributed by atoms with Gasteiger partial charge in [0, 0.05) is 24.7 Å². The van der Waals surface area contributed by atoms with Crippen LogP contribution in [0.3, 0.4) is 0 Å². The van der Waals surface area contributed by atoms with E-state index in [0.29, 0.717) is 12.1 Å². The highest BCUT2D eigenvalue weighted by molar-refractivity contribution is 4.89. The fourth-order valence-electron chi connectivity index (χ4n) is 2.20. The van der Waals surface area contributed by atoms with Crippen molar-refractivity contribution in [3.8, 4) is 0 Å². The predicted molar refractivity (Wildman–Crippen MR) is 53.4 cm³/mol. The molecule has 3 atom stereocenters. The Kier molecular flexibility index (Phi) is 3.53. The van der Waals surface area contributed by atoms with Crippen molar-refractivity contribution in [2.45, 2.75) is 51.7 Å². The molecule has 0 aromatic rings. The molecule has 72 valence electrons. The standard InChI is InChI=1S/C10H22N2/c1-5-9-10(6-2)12(4)8(3)7-11-9/h8-11H,5-7H2,1-4H3. The fourth-order valence-corrected chi connectivity index (χ4v) is 2.20. The van der Waals surface area contributed by atoms with Crippen LogP contribution in [0.15, 0.2) is 0 Å². The minimum Gasteiger partial charge on any atom is -0.311 e. The van der Waals surface area contributed by atoms with Crippen LogP contribution in [-0.4, -0.2) is 36.6 Å². The molecular weight excluding hydrogens is 148 g/mol. The van der Waals surface area contributed by atoms with E-state index in [1.165, 1.54) is 12.8 Å². The summed E-state index contributed by atoms with van der Waals surface area (Å²) in [7, 11) is 2.25. The molecule has 12 heavy (non-hydrogen) atoms. The quantitative estimate of drug-likeness (QED) is 0.675. The Labute approximate surface area is 76.3 Å². The summed E-state index contributed by atoms with van der Waals surface area (Å²) in [6.45, 7) is 7.99. The van der Waals surface area contributed by atoms with Crippen LogP contribution in [0.1, 0.15) is 33.6 Å². The van der Waals surface area contributed by atoms with E-state index in [9.17, 15) is 0 Å². The van der Waals surface area contributed by atoms with E-state index in [2.05, 4.69) is 38.0 Å². The second-order valence-corrected chi connectivity index (χ2v) is 3.91. The highest BCUT2D eigenvalue weighted by atomic mass is 15.2. The lowest BCUT2D eigenvalue weighted by Gasteiger charge is -2.43. The molecule has 0 spiro atoms. The molecule has 0 radical (unpaired) electrons. The van der Waals surface area contributed by atoms with Gasteiger partial charge in [0.05, 0.1) is 0 Å². The van der Waals surface area contributed by atoms with Crippen LogP contribution in [0.4, 0.5) is 0 Å². The van der Waals surface area contributed by atoms with Crippen molar-refractivity contribution in [3.05, 3.63) is 0 Å². The van der Waals surface area contributed by atoms with E-state index in [0.717, 1.165) is 12.6 Å². The zero-order chi connectivity index (χ0) is 9.14. The van der Waals surface area contributed by atoms with Crippen LogP contribution in [0, 0.1) is 0 Å². The maximum absolute atomic E-state index is 3.61. The zero-order valence-electron chi connectivity index (χ0n) is 8.80. The van der Waals surface area contributed by atoms with E-state index >= 15 is 0 Å². The van der Waals surface area contributed by atoms with Crippen molar-refractivity contribution in [2.75, 3.05) is 13.6 Å². The first-order chi connectivity index (χ1) is 5.70. The van der Waals surface area contributed by atoms with E-state index < -0.39 is 0 Å². The van der Waals surface area contributed by atoms with Gasteiger partial charge in [-0.25, -0.2) is 0 Å². The number of hydrogen-bond acceptors (Lipinski definition) is 2. The number of nitrogens with one attached hydrogen (secondary N) is 1. The lowest BCUT2D eigenvalue weighted by molar-refractivity contribution is 0.0948. The molecule has 0 amide bonds. The molecule has 1 fully saturated rings. The highest BCUT2D eigenvalue weighted by Gasteiger charge is 2.29. The first-order valence-electron chi connectivity index (χ1n) is 5.16. The molecule has 0 bridgehead atoms. The Morgan fingerprint density at radius 1 is 1.33 bits per heavy atom. The Morgan fingerprint density at radius 2 is 2.00 bits per heavy atom. The van der Waals surface area contributed by atoms with Gasteiger partial charge in [-0.2, -0.15) is 0 Å². The highest BCUT2D eigenvalue weighted by Crippen LogP contribution is 2.17. The maximum atomic E-state index is 3.61. The Morgan fingerprint density at radius 3 is 2.50 bits per heavy atom. The lowest BCUT2D eigenvalue weighted by Crippen LogP contribution is -2.59. The molecule has 1 aliphatic rings. The summed E-state index contributed by atoms with van der Waals surface area (Å²) in [6.07, 6.45) is 2.50. The molecule has 1 aliphatic heterocycles. The number of nitrogens with zero attached hydrogens (tertiary/aromatic N) is 1. The van der Waals surface area contributed by atoms with Gasteiger partial charge in [-0.15, -0.1) is 0 Å². The van der Waals surface area contributed by atoms with Gasteiger partial charge in [-0.05, 0) is 26.8 Å². The summed E-state index contributed by atoms with van der Waals surface area (Å²) in [6, 6.07) is 2.13. The summed E-state index contributed by atoms with van der Waals surface area (Å²) in [5.41, 5.74) is 0. The Hall–Kier alpha value is -0.0800. The van der Waals surface area contributed by atoms with Crippen molar-refractivity contribution in [1.29, 1.82) is 0 Å². The normalized spacial score (nSPS) is 38.5. The third-order valence-electron chi connectivity index (χ3n) is 3.22. The third-order valence-corrected chi connectivity index (χ3v) is 3.22. The van der Waals surface area contributed by atoms with Gasteiger partial charge in [-0.3, -0.25) is 4.90 Å². The molecule has 1 N–H and O–H groups in total. The molecule has 1 saturated heterocycles. The molecule has 1 rings (SSSR count). The minimum atomic E-state index is 0.692. The Bertz CT molecular complexity index is 134. The maximum Gasteiger partial charge on any atom is 0.0246 e. The number of piperazine rings is 1. The smallest absolute Gasteiger partial charge is 0.0246 e. The number of rotatable bonds is 2. The van der Waals surface area contributed by atoms with Crippen molar-refractivity contribution in [3.63, 3.8) is 0 Å². The largest absolute Gasteiger partial charge is 0.311 e. The van der Waals surface area contributed by atoms with Gasteiger partial charge in [0.1, 0.15) is 0 Å².